The van der Waals surface area contributed by atoms with Gasteiger partial charge in [-0.05, 0) is 62.1 Å². The maximum Gasteiger partial charge on any atom is 0.416 e. The van der Waals surface area contributed by atoms with Gasteiger partial charge in [-0.3, -0.25) is 0 Å². The molecular weight excluding hydrogens is 397 g/mol. The number of hydrogen-bond acceptors (Lipinski definition) is 4. The van der Waals surface area contributed by atoms with Crippen molar-refractivity contribution >= 4 is 0 Å². The van der Waals surface area contributed by atoms with E-state index in [-0.39, 0.29) is 24.2 Å². The monoisotopic (exact) mass is 430 g/mol. The second-order valence-electron chi connectivity index (χ2n) is 8.12. The van der Waals surface area contributed by atoms with Crippen LogP contribution < -0.4 is 4.74 Å². The zero-order valence-corrected chi connectivity index (χ0v) is 17.4. The molecule has 0 spiro atoms. The van der Waals surface area contributed by atoms with Crippen LogP contribution >= 0.6 is 0 Å². The summed E-state index contributed by atoms with van der Waals surface area (Å²) < 4.78 is 43.6. The van der Waals surface area contributed by atoms with E-state index in [0.29, 0.717) is 25.7 Å². The van der Waals surface area contributed by atoms with E-state index in [4.69, 9.17) is 4.74 Å². The number of allylic oxidation sites excluding steroid dienone is 2. The van der Waals surface area contributed by atoms with Gasteiger partial charge < -0.3 is 20.1 Å². The summed E-state index contributed by atoms with van der Waals surface area (Å²) in [5.74, 6) is -0.135. The van der Waals surface area contributed by atoms with Gasteiger partial charge in [0.1, 0.15) is 12.4 Å². The molecule has 0 amide bonds. The Morgan fingerprint density at radius 1 is 1.17 bits per heavy atom. The Balaban J connectivity index is 1.82. The Bertz CT molecular complexity index is 662. The largest absolute Gasteiger partial charge is 0.491 e. The van der Waals surface area contributed by atoms with Crippen LogP contribution in [0.3, 0.4) is 0 Å². The number of ether oxygens (including phenoxy) is 1. The zero-order valence-electron chi connectivity index (χ0n) is 17.4. The first-order chi connectivity index (χ1) is 14.2. The summed E-state index contributed by atoms with van der Waals surface area (Å²) in [5.41, 5.74) is -0.799. The molecule has 1 fully saturated rings. The highest BCUT2D eigenvalue weighted by atomic mass is 19.4. The highest BCUT2D eigenvalue weighted by Gasteiger charge is 2.40. The van der Waals surface area contributed by atoms with Crippen LogP contribution in [0.1, 0.15) is 57.4 Å². The Morgan fingerprint density at radius 3 is 2.60 bits per heavy atom. The summed E-state index contributed by atoms with van der Waals surface area (Å²) in [6, 6.07) is 4.55. The van der Waals surface area contributed by atoms with E-state index >= 15 is 0 Å². The smallest absolute Gasteiger partial charge is 0.416 e. The lowest BCUT2D eigenvalue weighted by molar-refractivity contribution is -0.137. The number of hydrogen-bond donors (Lipinski definition) is 3. The van der Waals surface area contributed by atoms with E-state index in [1.165, 1.54) is 12.1 Å². The quantitative estimate of drug-likeness (QED) is 0.351. The van der Waals surface area contributed by atoms with E-state index < -0.39 is 30.1 Å². The third-order valence-corrected chi connectivity index (χ3v) is 5.76. The van der Waals surface area contributed by atoms with Crippen LogP contribution in [0.15, 0.2) is 36.4 Å². The molecule has 170 valence electrons. The Hall–Kier alpha value is -1.57. The van der Waals surface area contributed by atoms with Crippen molar-refractivity contribution in [2.24, 2.45) is 11.8 Å². The van der Waals surface area contributed by atoms with Crippen LogP contribution in [0, 0.1) is 11.8 Å². The molecule has 0 bridgehead atoms. The number of alkyl halides is 3. The summed E-state index contributed by atoms with van der Waals surface area (Å²) in [4.78, 5) is 0. The molecule has 30 heavy (non-hydrogen) atoms. The number of aliphatic hydroxyl groups is 3. The molecular formula is C23H33F3O4. The molecule has 1 aromatic carbocycles. The minimum Gasteiger partial charge on any atom is -0.491 e. The van der Waals surface area contributed by atoms with Gasteiger partial charge in [0.05, 0.1) is 23.9 Å². The van der Waals surface area contributed by atoms with E-state index in [0.717, 1.165) is 31.4 Å². The van der Waals surface area contributed by atoms with Crippen LogP contribution in [0.2, 0.25) is 0 Å². The molecule has 1 aliphatic carbocycles. The van der Waals surface area contributed by atoms with Crippen molar-refractivity contribution < 1.29 is 33.2 Å². The summed E-state index contributed by atoms with van der Waals surface area (Å²) in [6.45, 7) is 2.00. The number of benzene rings is 1. The van der Waals surface area contributed by atoms with E-state index in [1.54, 1.807) is 0 Å². The molecule has 7 heteroatoms. The second kappa shape index (κ2) is 11.7. The van der Waals surface area contributed by atoms with Crippen molar-refractivity contribution in [3.8, 4) is 5.75 Å². The summed E-state index contributed by atoms with van der Waals surface area (Å²) in [5, 5.41) is 30.8. The molecule has 1 aliphatic rings. The standard InChI is InChI=1S/C23H33F3O4/c1-2-3-4-5-6-10-19-20(22(29)14-21(19)28)12-11-17(27)15-30-18-9-7-8-16(13-18)23(24,25)26/h5-9,13,17,19-22,27-29H,2-4,10-12,14-15H2,1H3/b6-5-/t17?,19-,20-,21?,22?/m1/s1. The third kappa shape index (κ3) is 7.60. The van der Waals surface area contributed by atoms with E-state index in [1.807, 2.05) is 0 Å². The van der Waals surface area contributed by atoms with Gasteiger partial charge in [0.2, 0.25) is 0 Å². The van der Waals surface area contributed by atoms with Gasteiger partial charge in [0, 0.05) is 0 Å². The lowest BCUT2D eigenvalue weighted by Gasteiger charge is -2.23. The molecule has 3 N–H and O–H groups in total. The second-order valence-corrected chi connectivity index (χ2v) is 8.12. The topological polar surface area (TPSA) is 69.9 Å². The first kappa shape index (κ1) is 24.7. The number of halogens is 3. The average molecular weight is 431 g/mol. The number of unbranched alkanes of at least 4 members (excludes halogenated alkanes) is 2. The van der Waals surface area contributed by atoms with E-state index in [2.05, 4.69) is 19.1 Å². The highest BCUT2D eigenvalue weighted by Crippen LogP contribution is 2.38. The summed E-state index contributed by atoms with van der Waals surface area (Å²) in [6.07, 6.45) is 2.76. The van der Waals surface area contributed by atoms with Crippen LogP contribution in [0.4, 0.5) is 13.2 Å². The third-order valence-electron chi connectivity index (χ3n) is 5.76. The normalized spacial score (nSPS) is 25.7. The molecule has 2 rings (SSSR count). The molecule has 3 unspecified atom stereocenters. The van der Waals surface area contributed by atoms with Crippen LogP contribution in [0.25, 0.3) is 0 Å². The van der Waals surface area contributed by atoms with Crippen molar-refractivity contribution in [2.75, 3.05) is 6.61 Å². The fourth-order valence-electron chi connectivity index (χ4n) is 4.02. The minimum atomic E-state index is -4.45. The first-order valence-corrected chi connectivity index (χ1v) is 10.7. The molecule has 0 aromatic heterocycles. The lowest BCUT2D eigenvalue weighted by Crippen LogP contribution is -2.25. The maximum absolute atomic E-state index is 12.8. The Labute approximate surface area is 176 Å². The van der Waals surface area contributed by atoms with Gasteiger partial charge in [0.25, 0.3) is 0 Å². The zero-order chi connectivity index (χ0) is 22.1. The van der Waals surface area contributed by atoms with Crippen molar-refractivity contribution in [3.05, 3.63) is 42.0 Å². The molecule has 0 aliphatic heterocycles. The Kier molecular flexibility index (Phi) is 9.65. The SMILES string of the molecule is CCCC/C=C\C[C@H]1C(O)CC(O)[C@@H]1CCC(O)COc1cccc(C(F)(F)F)c1. The molecule has 1 saturated carbocycles. The van der Waals surface area contributed by atoms with Gasteiger partial charge in [-0.1, -0.05) is 38.0 Å². The van der Waals surface area contributed by atoms with Crippen molar-refractivity contribution in [1.29, 1.82) is 0 Å². The van der Waals surface area contributed by atoms with Gasteiger partial charge >= 0.3 is 6.18 Å². The van der Waals surface area contributed by atoms with Gasteiger partial charge in [-0.15, -0.1) is 0 Å². The van der Waals surface area contributed by atoms with Gasteiger partial charge in [-0.2, -0.15) is 13.2 Å². The molecule has 1 aromatic rings. The van der Waals surface area contributed by atoms with Crippen LogP contribution in [-0.4, -0.2) is 40.2 Å². The maximum atomic E-state index is 12.8. The van der Waals surface area contributed by atoms with Crippen LogP contribution in [0.5, 0.6) is 5.75 Å². The molecule has 0 saturated heterocycles. The fourth-order valence-corrected chi connectivity index (χ4v) is 4.02. The van der Waals surface area contributed by atoms with Gasteiger partial charge in [-0.25, -0.2) is 0 Å². The average Bonchev–Trinajstić information content (AvgIpc) is 2.96. The van der Waals surface area contributed by atoms with Crippen molar-refractivity contribution in [3.63, 3.8) is 0 Å². The molecule has 5 atom stereocenters. The minimum absolute atomic E-state index is 0.0512. The number of aliphatic hydroxyl groups excluding tert-OH is 3. The highest BCUT2D eigenvalue weighted by molar-refractivity contribution is 5.30. The van der Waals surface area contributed by atoms with Crippen molar-refractivity contribution in [2.45, 2.75) is 76.4 Å². The molecule has 0 heterocycles. The fraction of sp³-hybridized carbons (Fsp3) is 0.652. The predicted molar refractivity (Wildman–Crippen MR) is 109 cm³/mol. The lowest BCUT2D eigenvalue weighted by atomic mass is 9.86. The molecule has 0 radical (unpaired) electrons. The molecule has 4 nitrogen and oxygen atoms in total. The van der Waals surface area contributed by atoms with Gasteiger partial charge in [0.15, 0.2) is 0 Å². The Morgan fingerprint density at radius 2 is 1.90 bits per heavy atom. The first-order valence-electron chi connectivity index (χ1n) is 10.7. The van der Waals surface area contributed by atoms with Crippen molar-refractivity contribution in [1.82, 2.24) is 0 Å². The predicted octanol–water partition coefficient (Wildman–Crippen LogP) is 4.72. The number of rotatable bonds is 11. The summed E-state index contributed by atoms with van der Waals surface area (Å²) >= 11 is 0. The van der Waals surface area contributed by atoms with E-state index in [9.17, 15) is 28.5 Å². The summed E-state index contributed by atoms with van der Waals surface area (Å²) in [7, 11) is 0. The van der Waals surface area contributed by atoms with Crippen LogP contribution in [-0.2, 0) is 6.18 Å².